The number of hydrogen-bond acceptors (Lipinski definition) is 3. The molecule has 0 aliphatic heterocycles. The number of benzene rings is 1. The molecule has 1 aromatic heterocycles. The fourth-order valence-electron chi connectivity index (χ4n) is 2.15. The molecule has 1 amide bonds. The van der Waals surface area contributed by atoms with Crippen molar-refractivity contribution in [2.75, 3.05) is 5.32 Å². The number of rotatable bonds is 2. The molecule has 0 aliphatic carbocycles. The van der Waals surface area contributed by atoms with Gasteiger partial charge in [-0.3, -0.25) is 4.79 Å². The van der Waals surface area contributed by atoms with Crippen LogP contribution in [0.15, 0.2) is 30.5 Å². The molecule has 0 bridgehead atoms. The molecule has 4 nitrogen and oxygen atoms in total. The van der Waals surface area contributed by atoms with E-state index in [2.05, 4.69) is 10.3 Å². The lowest BCUT2D eigenvalue weighted by Crippen LogP contribution is -2.15. The van der Waals surface area contributed by atoms with Crippen molar-refractivity contribution >= 4 is 11.6 Å². The maximum absolute atomic E-state index is 12.1. The van der Waals surface area contributed by atoms with E-state index in [1.54, 1.807) is 12.1 Å². The summed E-state index contributed by atoms with van der Waals surface area (Å²) >= 11 is 0. The quantitative estimate of drug-likeness (QED) is 0.907. The third kappa shape index (κ3) is 2.83. The van der Waals surface area contributed by atoms with E-state index >= 15 is 0 Å². The van der Waals surface area contributed by atoms with Crippen LogP contribution in [0.2, 0.25) is 0 Å². The molecule has 1 heterocycles. The van der Waals surface area contributed by atoms with Crippen LogP contribution < -0.4 is 5.32 Å². The van der Waals surface area contributed by atoms with Crippen molar-refractivity contribution in [3.8, 4) is 6.07 Å². The molecule has 0 saturated heterocycles. The Balaban J connectivity index is 2.26. The smallest absolute Gasteiger partial charge is 0.274 e. The van der Waals surface area contributed by atoms with Crippen LogP contribution in [-0.2, 0) is 0 Å². The van der Waals surface area contributed by atoms with Crippen molar-refractivity contribution in [1.29, 1.82) is 5.26 Å². The Morgan fingerprint density at radius 3 is 2.35 bits per heavy atom. The van der Waals surface area contributed by atoms with Crippen molar-refractivity contribution in [2.24, 2.45) is 0 Å². The first kappa shape index (κ1) is 13.8. The summed E-state index contributed by atoms with van der Waals surface area (Å²) in [6.07, 6.45) is 1.39. The van der Waals surface area contributed by atoms with E-state index in [1.165, 1.54) is 6.20 Å². The fraction of sp³-hybridized carbons (Fsp3) is 0.188. The fourth-order valence-corrected chi connectivity index (χ4v) is 2.15. The molecule has 1 aromatic carbocycles. The number of nitrogens with zero attached hydrogens (tertiary/aromatic N) is 2. The van der Waals surface area contributed by atoms with Gasteiger partial charge in [-0.05, 0) is 44.0 Å². The van der Waals surface area contributed by atoms with Gasteiger partial charge in [-0.15, -0.1) is 0 Å². The highest BCUT2D eigenvalue weighted by molar-refractivity contribution is 6.03. The van der Waals surface area contributed by atoms with E-state index in [1.807, 2.05) is 39.0 Å². The van der Waals surface area contributed by atoms with E-state index in [0.717, 1.165) is 22.4 Å². The van der Waals surface area contributed by atoms with Crippen molar-refractivity contribution in [3.63, 3.8) is 0 Å². The standard InChI is InChI=1S/C16H15N3O/c1-10-6-11(2)15(12(3)7-10)19-16(20)14-5-4-13(8-17)9-18-14/h4-7,9H,1-3H3,(H,19,20). The van der Waals surface area contributed by atoms with Gasteiger partial charge in [0.05, 0.1) is 5.56 Å². The van der Waals surface area contributed by atoms with Crippen molar-refractivity contribution in [1.82, 2.24) is 4.98 Å². The van der Waals surface area contributed by atoms with Gasteiger partial charge in [-0.1, -0.05) is 17.7 Å². The highest BCUT2D eigenvalue weighted by Gasteiger charge is 2.11. The van der Waals surface area contributed by atoms with Crippen LogP contribution in [0.4, 0.5) is 5.69 Å². The number of carbonyl (C=O) groups excluding carboxylic acids is 1. The van der Waals surface area contributed by atoms with Gasteiger partial charge in [0.15, 0.2) is 0 Å². The van der Waals surface area contributed by atoms with E-state index in [9.17, 15) is 4.79 Å². The van der Waals surface area contributed by atoms with Crippen LogP contribution in [0, 0.1) is 32.1 Å². The van der Waals surface area contributed by atoms with Gasteiger partial charge in [0, 0.05) is 11.9 Å². The monoisotopic (exact) mass is 265 g/mol. The molecule has 0 fully saturated rings. The zero-order valence-corrected chi connectivity index (χ0v) is 11.7. The average Bonchev–Trinajstić information content (AvgIpc) is 2.42. The highest BCUT2D eigenvalue weighted by atomic mass is 16.1. The number of nitrogens with one attached hydrogen (secondary N) is 1. The molecule has 4 heteroatoms. The Morgan fingerprint density at radius 2 is 1.85 bits per heavy atom. The largest absolute Gasteiger partial charge is 0.320 e. The summed E-state index contributed by atoms with van der Waals surface area (Å²) in [5.41, 5.74) is 4.74. The lowest BCUT2D eigenvalue weighted by atomic mass is 10.0. The molecule has 2 rings (SSSR count). The van der Waals surface area contributed by atoms with Crippen LogP contribution in [0.5, 0.6) is 0 Å². The van der Waals surface area contributed by atoms with Gasteiger partial charge in [-0.2, -0.15) is 5.26 Å². The molecule has 0 spiro atoms. The molecule has 2 aromatic rings. The zero-order chi connectivity index (χ0) is 14.7. The highest BCUT2D eigenvalue weighted by Crippen LogP contribution is 2.22. The normalized spacial score (nSPS) is 9.90. The van der Waals surface area contributed by atoms with Crippen LogP contribution in [-0.4, -0.2) is 10.9 Å². The molecular formula is C16H15N3O. The number of hydrogen-bond donors (Lipinski definition) is 1. The van der Waals surface area contributed by atoms with Crippen molar-refractivity contribution in [2.45, 2.75) is 20.8 Å². The Bertz CT molecular complexity index is 674. The third-order valence-corrected chi connectivity index (χ3v) is 3.04. The van der Waals surface area contributed by atoms with Crippen LogP contribution in [0.1, 0.15) is 32.7 Å². The molecule has 0 radical (unpaired) electrons. The molecule has 1 N–H and O–H groups in total. The first-order chi connectivity index (χ1) is 9.51. The minimum atomic E-state index is -0.274. The Hall–Kier alpha value is -2.67. The number of aromatic nitrogens is 1. The summed E-state index contributed by atoms with van der Waals surface area (Å²) in [6.45, 7) is 5.94. The zero-order valence-electron chi connectivity index (χ0n) is 11.7. The second-order valence-corrected chi connectivity index (χ2v) is 4.77. The first-order valence-corrected chi connectivity index (χ1v) is 6.26. The van der Waals surface area contributed by atoms with Gasteiger partial charge >= 0.3 is 0 Å². The number of aryl methyl sites for hydroxylation is 3. The topological polar surface area (TPSA) is 65.8 Å². The molecule has 20 heavy (non-hydrogen) atoms. The van der Waals surface area contributed by atoms with Gasteiger partial charge in [0.1, 0.15) is 11.8 Å². The van der Waals surface area contributed by atoms with Crippen molar-refractivity contribution in [3.05, 3.63) is 58.4 Å². The molecule has 0 atom stereocenters. The predicted octanol–water partition coefficient (Wildman–Crippen LogP) is 3.13. The van der Waals surface area contributed by atoms with Gasteiger partial charge in [-0.25, -0.2) is 4.98 Å². The molecule has 0 aliphatic rings. The van der Waals surface area contributed by atoms with Gasteiger partial charge in [0.2, 0.25) is 0 Å². The summed E-state index contributed by atoms with van der Waals surface area (Å²) < 4.78 is 0. The minimum absolute atomic E-state index is 0.274. The summed E-state index contributed by atoms with van der Waals surface area (Å²) in [5.74, 6) is -0.274. The number of pyridine rings is 1. The summed E-state index contributed by atoms with van der Waals surface area (Å²) in [5, 5.41) is 11.6. The predicted molar refractivity (Wildman–Crippen MR) is 77.6 cm³/mol. The first-order valence-electron chi connectivity index (χ1n) is 6.26. The molecular weight excluding hydrogens is 250 g/mol. The maximum atomic E-state index is 12.1. The Kier molecular flexibility index (Phi) is 3.81. The van der Waals surface area contributed by atoms with Crippen molar-refractivity contribution < 1.29 is 4.79 Å². The van der Waals surface area contributed by atoms with Gasteiger partial charge in [0.25, 0.3) is 5.91 Å². The summed E-state index contributed by atoms with van der Waals surface area (Å²) in [6, 6.07) is 9.15. The second-order valence-electron chi connectivity index (χ2n) is 4.77. The number of amides is 1. The summed E-state index contributed by atoms with van der Waals surface area (Å²) in [4.78, 5) is 16.1. The number of nitriles is 1. The molecule has 0 saturated carbocycles. The lowest BCUT2D eigenvalue weighted by molar-refractivity contribution is 0.102. The van der Waals surface area contributed by atoms with E-state index in [4.69, 9.17) is 5.26 Å². The van der Waals surface area contributed by atoms with Crippen LogP contribution in [0.25, 0.3) is 0 Å². The third-order valence-electron chi connectivity index (χ3n) is 3.04. The molecule has 100 valence electrons. The lowest BCUT2D eigenvalue weighted by Gasteiger charge is -2.12. The Labute approximate surface area is 118 Å². The summed E-state index contributed by atoms with van der Waals surface area (Å²) in [7, 11) is 0. The van der Waals surface area contributed by atoms with Gasteiger partial charge < -0.3 is 5.32 Å². The minimum Gasteiger partial charge on any atom is -0.320 e. The van der Waals surface area contributed by atoms with Crippen LogP contribution in [0.3, 0.4) is 0 Å². The van der Waals surface area contributed by atoms with E-state index in [0.29, 0.717) is 11.3 Å². The van der Waals surface area contributed by atoms with Crippen LogP contribution >= 0.6 is 0 Å². The van der Waals surface area contributed by atoms with E-state index in [-0.39, 0.29) is 5.91 Å². The SMILES string of the molecule is Cc1cc(C)c(NC(=O)c2ccc(C#N)cn2)c(C)c1. The Morgan fingerprint density at radius 1 is 1.20 bits per heavy atom. The average molecular weight is 265 g/mol. The number of anilines is 1. The number of carbonyl (C=O) groups is 1. The maximum Gasteiger partial charge on any atom is 0.274 e. The molecule has 0 unspecified atom stereocenters. The van der Waals surface area contributed by atoms with E-state index < -0.39 is 0 Å². The second kappa shape index (κ2) is 5.54.